The molecule has 2 amide bonds. The first-order valence-electron chi connectivity index (χ1n) is 10.3. The lowest BCUT2D eigenvalue weighted by molar-refractivity contribution is 0.0513. The number of aryl methyl sites for hydroxylation is 3. The van der Waals surface area contributed by atoms with Gasteiger partial charge >= 0.3 is 0 Å². The average Bonchev–Trinajstić information content (AvgIpc) is 3.53. The van der Waals surface area contributed by atoms with Gasteiger partial charge in [-0.15, -0.1) is 11.3 Å². The Balaban J connectivity index is 1.40. The lowest BCUT2D eigenvalue weighted by Crippen LogP contribution is -2.50. The number of hydrogen-bond donors (Lipinski definition) is 0. The maximum absolute atomic E-state index is 13.5. The number of hydrogen-bond acceptors (Lipinski definition) is 8. The Morgan fingerprint density at radius 1 is 0.938 bits per heavy atom. The molecule has 0 aliphatic carbocycles. The SMILES string of the molecule is Cc1cc(C(=O)N2CCN(C(=O)c3cc(-c4ccc(C)s4)nc4onc(C)c34)CC2)on1. The average molecular weight is 452 g/mol. The summed E-state index contributed by atoms with van der Waals surface area (Å²) < 4.78 is 10.5. The third kappa shape index (κ3) is 3.56. The van der Waals surface area contributed by atoms with Crippen molar-refractivity contribution in [2.45, 2.75) is 20.8 Å². The van der Waals surface area contributed by atoms with Crippen molar-refractivity contribution in [3.63, 3.8) is 0 Å². The van der Waals surface area contributed by atoms with Gasteiger partial charge in [0.1, 0.15) is 0 Å². The van der Waals surface area contributed by atoms with Crippen LogP contribution in [0.3, 0.4) is 0 Å². The lowest BCUT2D eigenvalue weighted by atomic mass is 10.1. The van der Waals surface area contributed by atoms with Gasteiger partial charge in [-0.2, -0.15) is 0 Å². The zero-order valence-electron chi connectivity index (χ0n) is 17.9. The maximum atomic E-state index is 13.5. The van der Waals surface area contributed by atoms with E-state index in [2.05, 4.69) is 15.3 Å². The van der Waals surface area contributed by atoms with Crippen LogP contribution in [0.1, 0.15) is 37.2 Å². The minimum atomic E-state index is -0.214. The van der Waals surface area contributed by atoms with Gasteiger partial charge in [-0.3, -0.25) is 9.59 Å². The van der Waals surface area contributed by atoms with E-state index in [1.165, 1.54) is 0 Å². The minimum Gasteiger partial charge on any atom is -0.351 e. The van der Waals surface area contributed by atoms with Crippen molar-refractivity contribution < 1.29 is 18.6 Å². The molecule has 10 heteroatoms. The molecule has 0 aromatic carbocycles. The second kappa shape index (κ2) is 7.86. The van der Waals surface area contributed by atoms with Crippen LogP contribution in [0.4, 0.5) is 0 Å². The molecule has 1 saturated heterocycles. The van der Waals surface area contributed by atoms with Crippen LogP contribution in [-0.4, -0.2) is 63.1 Å². The van der Waals surface area contributed by atoms with Gasteiger partial charge in [-0.25, -0.2) is 4.98 Å². The van der Waals surface area contributed by atoms with E-state index in [-0.39, 0.29) is 17.6 Å². The molecule has 0 unspecified atom stereocenters. The monoisotopic (exact) mass is 451 g/mol. The van der Waals surface area contributed by atoms with Crippen molar-refractivity contribution in [2.24, 2.45) is 0 Å². The highest BCUT2D eigenvalue weighted by Crippen LogP contribution is 2.31. The zero-order chi connectivity index (χ0) is 22.4. The molecule has 32 heavy (non-hydrogen) atoms. The molecule has 0 saturated carbocycles. The molecular weight excluding hydrogens is 430 g/mol. The highest BCUT2D eigenvalue weighted by molar-refractivity contribution is 7.15. The predicted molar refractivity (Wildman–Crippen MR) is 118 cm³/mol. The molecule has 1 fully saturated rings. The van der Waals surface area contributed by atoms with Crippen molar-refractivity contribution in [3.05, 3.63) is 51.9 Å². The van der Waals surface area contributed by atoms with E-state index in [4.69, 9.17) is 9.05 Å². The fraction of sp³-hybridized carbons (Fsp3) is 0.318. The number of piperazine rings is 1. The molecule has 9 nitrogen and oxygen atoms in total. The standard InChI is InChI=1S/C22H21N5O4S/c1-12-10-17(30-24-12)22(29)27-8-6-26(7-9-27)21(28)15-11-16(18-5-4-13(2)32-18)23-20-19(15)14(3)25-31-20/h4-5,10-11H,6-9H2,1-3H3. The normalized spacial score (nSPS) is 14.3. The van der Waals surface area contributed by atoms with Gasteiger partial charge in [0.15, 0.2) is 0 Å². The summed E-state index contributed by atoms with van der Waals surface area (Å²) in [4.78, 5) is 36.2. The molecule has 0 bridgehead atoms. The Labute approximate surface area is 187 Å². The minimum absolute atomic E-state index is 0.124. The van der Waals surface area contributed by atoms with Gasteiger partial charge in [0, 0.05) is 37.1 Å². The molecule has 4 aromatic heterocycles. The van der Waals surface area contributed by atoms with E-state index >= 15 is 0 Å². The second-order valence-corrected chi connectivity index (χ2v) is 9.12. The maximum Gasteiger partial charge on any atom is 0.292 e. The Kier molecular flexibility index (Phi) is 5.01. The smallest absolute Gasteiger partial charge is 0.292 e. The summed E-state index contributed by atoms with van der Waals surface area (Å²) in [5.74, 6) is -0.121. The Morgan fingerprint density at radius 2 is 1.66 bits per heavy atom. The van der Waals surface area contributed by atoms with Gasteiger partial charge in [0.25, 0.3) is 17.5 Å². The highest BCUT2D eigenvalue weighted by Gasteiger charge is 2.29. The highest BCUT2D eigenvalue weighted by atomic mass is 32.1. The van der Waals surface area contributed by atoms with E-state index in [0.29, 0.717) is 59.9 Å². The molecular formula is C22H21N5O4S. The van der Waals surface area contributed by atoms with E-state index < -0.39 is 0 Å². The molecule has 1 aliphatic rings. The predicted octanol–water partition coefficient (Wildman–Crippen LogP) is 3.46. The summed E-state index contributed by atoms with van der Waals surface area (Å²) in [5.41, 5.74) is 2.83. The fourth-order valence-corrected chi connectivity index (χ4v) is 4.69. The van der Waals surface area contributed by atoms with Crippen LogP contribution in [0.15, 0.2) is 33.3 Å². The number of fused-ring (bicyclic) bond motifs is 1. The van der Waals surface area contributed by atoms with E-state index in [0.717, 1.165) is 9.75 Å². The molecule has 0 radical (unpaired) electrons. The van der Waals surface area contributed by atoms with Gasteiger partial charge in [0.2, 0.25) is 5.76 Å². The van der Waals surface area contributed by atoms with Crippen molar-refractivity contribution in [1.29, 1.82) is 0 Å². The van der Waals surface area contributed by atoms with Crippen molar-refractivity contribution in [1.82, 2.24) is 25.1 Å². The number of carbonyl (C=O) groups excluding carboxylic acids is 2. The molecule has 4 aromatic rings. The summed E-state index contributed by atoms with van der Waals surface area (Å²) in [6, 6.07) is 7.44. The molecule has 0 N–H and O–H groups in total. The van der Waals surface area contributed by atoms with E-state index in [1.807, 2.05) is 25.1 Å². The number of thiophene rings is 1. The van der Waals surface area contributed by atoms with Crippen molar-refractivity contribution in [3.8, 4) is 10.6 Å². The van der Waals surface area contributed by atoms with Crippen LogP contribution < -0.4 is 0 Å². The topological polar surface area (TPSA) is 106 Å². The van der Waals surface area contributed by atoms with Crippen LogP contribution in [-0.2, 0) is 0 Å². The molecule has 0 spiro atoms. The Morgan fingerprint density at radius 3 is 2.28 bits per heavy atom. The number of amides is 2. The first-order valence-corrected chi connectivity index (χ1v) is 11.1. The Hall–Kier alpha value is -3.53. The first kappa shape index (κ1) is 20.4. The number of carbonyl (C=O) groups is 2. The van der Waals surface area contributed by atoms with Crippen molar-refractivity contribution >= 4 is 34.3 Å². The molecule has 5 rings (SSSR count). The molecule has 0 atom stereocenters. The number of aromatic nitrogens is 3. The summed E-state index contributed by atoms with van der Waals surface area (Å²) in [6.07, 6.45) is 0. The second-order valence-electron chi connectivity index (χ2n) is 7.83. The van der Waals surface area contributed by atoms with Crippen LogP contribution in [0.5, 0.6) is 0 Å². The zero-order valence-corrected chi connectivity index (χ0v) is 18.7. The molecule has 5 heterocycles. The van der Waals surface area contributed by atoms with Crippen LogP contribution in [0.25, 0.3) is 21.7 Å². The van der Waals surface area contributed by atoms with E-state index in [1.54, 1.807) is 41.1 Å². The quantitative estimate of drug-likeness (QED) is 0.470. The van der Waals surface area contributed by atoms with E-state index in [9.17, 15) is 9.59 Å². The summed E-state index contributed by atoms with van der Waals surface area (Å²) in [7, 11) is 0. The fourth-order valence-electron chi connectivity index (χ4n) is 3.86. The number of rotatable bonds is 3. The largest absolute Gasteiger partial charge is 0.351 e. The van der Waals surface area contributed by atoms with Gasteiger partial charge in [-0.1, -0.05) is 10.3 Å². The van der Waals surface area contributed by atoms with Gasteiger partial charge in [-0.05, 0) is 39.0 Å². The van der Waals surface area contributed by atoms with Crippen LogP contribution in [0.2, 0.25) is 0 Å². The van der Waals surface area contributed by atoms with Gasteiger partial charge < -0.3 is 18.8 Å². The van der Waals surface area contributed by atoms with Gasteiger partial charge in [0.05, 0.1) is 32.9 Å². The number of nitrogens with zero attached hydrogens (tertiary/aromatic N) is 5. The third-order valence-electron chi connectivity index (χ3n) is 5.53. The lowest BCUT2D eigenvalue weighted by Gasteiger charge is -2.34. The first-order chi connectivity index (χ1) is 15.4. The van der Waals surface area contributed by atoms with Crippen LogP contribution >= 0.6 is 11.3 Å². The number of pyridine rings is 1. The van der Waals surface area contributed by atoms with Crippen LogP contribution in [0, 0.1) is 20.8 Å². The summed E-state index contributed by atoms with van der Waals surface area (Å²) in [6.45, 7) is 7.26. The third-order valence-corrected chi connectivity index (χ3v) is 6.56. The molecule has 1 aliphatic heterocycles. The Bertz CT molecular complexity index is 1330. The molecule has 164 valence electrons. The van der Waals surface area contributed by atoms with Crippen molar-refractivity contribution in [2.75, 3.05) is 26.2 Å². The summed E-state index contributed by atoms with van der Waals surface area (Å²) in [5, 5.41) is 8.42. The summed E-state index contributed by atoms with van der Waals surface area (Å²) >= 11 is 1.61.